The summed E-state index contributed by atoms with van der Waals surface area (Å²) in [6, 6.07) is -0.301. The Morgan fingerprint density at radius 2 is 0.705 bits per heavy atom. The molecule has 0 amide bonds. The van der Waals surface area contributed by atoms with Crippen LogP contribution in [0.15, 0.2) is 47.1 Å². The Kier molecular flexibility index (Phi) is 9.09. The molecule has 0 saturated carbocycles. The van der Waals surface area contributed by atoms with Gasteiger partial charge in [-0.2, -0.15) is 0 Å². The second-order valence-corrected chi connectivity index (χ2v) is 8.99. The Labute approximate surface area is 233 Å². The van der Waals surface area contributed by atoms with Crippen LogP contribution in [0.3, 0.4) is 0 Å². The number of hydrogen-bond acceptors (Lipinski definition) is 4. The summed E-state index contributed by atoms with van der Waals surface area (Å²) in [6.45, 7) is 0. The van der Waals surface area contributed by atoms with E-state index in [9.17, 15) is 70.2 Å². The highest BCUT2D eigenvalue weighted by Crippen LogP contribution is 2.45. The van der Waals surface area contributed by atoms with Gasteiger partial charge in [0.2, 0.25) is 0 Å². The molecule has 0 heterocycles. The molecule has 20 heteroatoms. The van der Waals surface area contributed by atoms with Crippen LogP contribution in [0.1, 0.15) is 11.1 Å². The number of alkyl halides is 2. The minimum absolute atomic E-state index is 0.151. The Morgan fingerprint density at radius 1 is 0.432 bits per heavy atom. The van der Waals surface area contributed by atoms with Gasteiger partial charge in [-0.15, -0.1) is 0 Å². The van der Waals surface area contributed by atoms with Crippen LogP contribution >= 0.6 is 0 Å². The third-order valence-electron chi connectivity index (χ3n) is 6.09. The van der Waals surface area contributed by atoms with Crippen LogP contribution in [0.4, 0.5) is 70.2 Å². The zero-order chi connectivity index (χ0) is 34.0. The molecule has 4 rings (SSSR count). The highest BCUT2D eigenvalue weighted by atomic mass is 19.2. The standard InChI is InChI=1S/2C12H6F8N2/c2*13-3-1-2(5(14)9(18)6(3)15)4-7(16)10(19)12(21,22)11(20)8(4)17/h2*1,10H,21-22H2. The lowest BCUT2D eigenvalue weighted by atomic mass is 9.89. The van der Waals surface area contributed by atoms with Crippen LogP contribution in [0.2, 0.25) is 0 Å². The topological polar surface area (TPSA) is 104 Å². The minimum Gasteiger partial charge on any atom is -0.305 e. The molecule has 0 radical (unpaired) electrons. The van der Waals surface area contributed by atoms with Gasteiger partial charge in [-0.25, -0.2) is 70.2 Å². The first-order chi connectivity index (χ1) is 20.0. The smallest absolute Gasteiger partial charge is 0.198 e. The van der Waals surface area contributed by atoms with Crippen molar-refractivity contribution >= 4 is 11.1 Å². The van der Waals surface area contributed by atoms with Gasteiger partial charge in [0, 0.05) is 11.1 Å². The summed E-state index contributed by atoms with van der Waals surface area (Å²) >= 11 is 0. The van der Waals surface area contributed by atoms with E-state index in [1.807, 2.05) is 0 Å². The zero-order valence-corrected chi connectivity index (χ0v) is 20.7. The number of benzene rings is 2. The van der Waals surface area contributed by atoms with Crippen LogP contribution in [0.25, 0.3) is 11.1 Å². The van der Waals surface area contributed by atoms with Crippen LogP contribution in [-0.2, 0) is 0 Å². The van der Waals surface area contributed by atoms with E-state index in [4.69, 9.17) is 22.9 Å². The first-order valence-electron chi connectivity index (χ1n) is 11.0. The van der Waals surface area contributed by atoms with Crippen molar-refractivity contribution in [2.24, 2.45) is 22.9 Å². The maximum Gasteiger partial charge on any atom is 0.198 e. The Morgan fingerprint density at radius 3 is 0.977 bits per heavy atom. The molecule has 2 aromatic carbocycles. The molecule has 0 fully saturated rings. The van der Waals surface area contributed by atoms with Crippen LogP contribution in [0.5, 0.6) is 0 Å². The molecule has 0 bridgehead atoms. The van der Waals surface area contributed by atoms with Crippen LogP contribution in [0, 0.1) is 46.5 Å². The van der Waals surface area contributed by atoms with Gasteiger partial charge in [-0.1, -0.05) is 0 Å². The van der Waals surface area contributed by atoms with E-state index in [1.165, 1.54) is 0 Å². The maximum atomic E-state index is 13.8. The molecule has 4 nitrogen and oxygen atoms in total. The molecule has 8 N–H and O–H groups in total. The number of halogens is 16. The van der Waals surface area contributed by atoms with E-state index in [-0.39, 0.29) is 12.1 Å². The lowest BCUT2D eigenvalue weighted by Gasteiger charge is -2.31. The summed E-state index contributed by atoms with van der Waals surface area (Å²) in [7, 11) is 0. The monoisotopic (exact) mass is 660 g/mol. The molecule has 2 atom stereocenters. The summed E-state index contributed by atoms with van der Waals surface area (Å²) in [6.07, 6.45) is -6.31. The highest BCUT2D eigenvalue weighted by Gasteiger charge is 2.49. The molecule has 2 aliphatic carbocycles. The van der Waals surface area contributed by atoms with Crippen molar-refractivity contribution < 1.29 is 70.2 Å². The maximum absolute atomic E-state index is 13.8. The molecular weight excluding hydrogens is 648 g/mol. The van der Waals surface area contributed by atoms with Crippen molar-refractivity contribution in [1.82, 2.24) is 0 Å². The van der Waals surface area contributed by atoms with Gasteiger partial charge in [0.05, 0.1) is 11.1 Å². The van der Waals surface area contributed by atoms with Crippen LogP contribution < -0.4 is 22.9 Å². The van der Waals surface area contributed by atoms with Crippen molar-refractivity contribution in [2.45, 2.75) is 23.7 Å². The van der Waals surface area contributed by atoms with E-state index in [0.717, 1.165) is 0 Å². The predicted molar refractivity (Wildman–Crippen MR) is 119 cm³/mol. The van der Waals surface area contributed by atoms with Gasteiger partial charge >= 0.3 is 0 Å². The van der Waals surface area contributed by atoms with Gasteiger partial charge in [0.25, 0.3) is 0 Å². The third kappa shape index (κ3) is 5.24. The molecule has 240 valence electrons. The van der Waals surface area contributed by atoms with E-state index in [1.54, 1.807) is 0 Å². The molecule has 44 heavy (non-hydrogen) atoms. The fraction of sp³-hybridized carbons (Fsp3) is 0.167. The third-order valence-corrected chi connectivity index (χ3v) is 6.09. The average molecular weight is 660 g/mol. The van der Waals surface area contributed by atoms with Crippen LogP contribution in [-0.4, -0.2) is 23.7 Å². The van der Waals surface area contributed by atoms with E-state index in [2.05, 4.69) is 0 Å². The number of hydrogen-bond donors (Lipinski definition) is 4. The Balaban J connectivity index is 0.000000240. The molecule has 0 aromatic heterocycles. The molecule has 2 aromatic rings. The van der Waals surface area contributed by atoms with Gasteiger partial charge in [-0.05, 0) is 12.1 Å². The van der Waals surface area contributed by atoms with Crippen molar-refractivity contribution in [2.75, 3.05) is 0 Å². The second kappa shape index (κ2) is 11.6. The van der Waals surface area contributed by atoms with E-state index < -0.39 is 127 Å². The fourth-order valence-electron chi connectivity index (χ4n) is 3.71. The van der Waals surface area contributed by atoms with Gasteiger partial charge in [0.15, 0.2) is 93.5 Å². The summed E-state index contributed by atoms with van der Waals surface area (Å²) in [5.74, 6) is -31.1. The second-order valence-electron chi connectivity index (χ2n) is 8.99. The summed E-state index contributed by atoms with van der Waals surface area (Å²) in [5.41, 5.74) is 6.36. The molecule has 0 saturated heterocycles. The number of rotatable bonds is 2. The fourth-order valence-corrected chi connectivity index (χ4v) is 3.71. The normalized spacial score (nSPS) is 21.6. The lowest BCUT2D eigenvalue weighted by molar-refractivity contribution is 0.192. The molecule has 2 unspecified atom stereocenters. The summed E-state index contributed by atoms with van der Waals surface area (Å²) < 4.78 is 215. The summed E-state index contributed by atoms with van der Waals surface area (Å²) in [4.78, 5) is 0. The SMILES string of the molecule is NC1(N)C(F)=C(F)C(c2cc(F)c(F)c(F)c2F)=C(F)C1F.NC1(N)C(F)=C(F)C(c2cc(F)c(F)c(F)c2F)=C(F)C1F. The van der Waals surface area contributed by atoms with Crippen molar-refractivity contribution in [3.05, 3.63) is 105 Å². The first kappa shape index (κ1) is 34.6. The molecule has 0 spiro atoms. The van der Waals surface area contributed by atoms with Gasteiger partial charge in [0.1, 0.15) is 11.7 Å². The Hall–Kier alpha value is -3.88. The zero-order valence-electron chi connectivity index (χ0n) is 20.7. The Bertz CT molecular complexity index is 1570. The quantitative estimate of drug-likeness (QED) is 0.136. The van der Waals surface area contributed by atoms with Crippen molar-refractivity contribution in [3.8, 4) is 0 Å². The summed E-state index contributed by atoms with van der Waals surface area (Å²) in [5, 5.41) is 0. The van der Waals surface area contributed by atoms with E-state index >= 15 is 0 Å². The first-order valence-corrected chi connectivity index (χ1v) is 11.0. The largest absolute Gasteiger partial charge is 0.305 e. The molecule has 2 aliphatic rings. The predicted octanol–water partition coefficient (Wildman–Crippen LogP) is 6.08. The van der Waals surface area contributed by atoms with Gasteiger partial charge < -0.3 is 22.9 Å². The molecular formula is C24H12F16N4. The minimum atomic E-state index is -3.22. The van der Waals surface area contributed by atoms with Crippen molar-refractivity contribution in [3.63, 3.8) is 0 Å². The van der Waals surface area contributed by atoms with Gasteiger partial charge in [-0.3, -0.25) is 0 Å². The molecule has 0 aliphatic heterocycles. The average Bonchev–Trinajstić information content (AvgIpc) is 2.97. The van der Waals surface area contributed by atoms with Crippen molar-refractivity contribution in [1.29, 1.82) is 0 Å². The lowest BCUT2D eigenvalue weighted by Crippen LogP contribution is -2.59. The van der Waals surface area contributed by atoms with E-state index in [0.29, 0.717) is 0 Å². The number of nitrogens with two attached hydrogens (primary N) is 4. The highest BCUT2D eigenvalue weighted by molar-refractivity contribution is 5.83. The number of allylic oxidation sites excluding steroid dienone is 4.